The van der Waals surface area contributed by atoms with Crippen molar-refractivity contribution in [3.05, 3.63) is 54.2 Å². The molecular formula is C22H33N2+. The van der Waals surface area contributed by atoms with Crippen LogP contribution in [0.3, 0.4) is 0 Å². The first-order chi connectivity index (χ1) is 11.1. The maximum absolute atomic E-state index is 2.42. The van der Waals surface area contributed by atoms with Gasteiger partial charge in [0.1, 0.15) is 0 Å². The molecule has 0 bridgehead atoms. The molecule has 2 nitrogen and oxygen atoms in total. The molecule has 1 aromatic heterocycles. The van der Waals surface area contributed by atoms with E-state index in [9.17, 15) is 0 Å². The number of rotatable bonds is 4. The maximum atomic E-state index is 2.42. The molecule has 0 radical (unpaired) electrons. The van der Waals surface area contributed by atoms with Crippen LogP contribution in [0.15, 0.2) is 48.7 Å². The second-order valence-electron chi connectivity index (χ2n) is 8.63. The monoisotopic (exact) mass is 325 g/mol. The fraction of sp³-hybridized carbons (Fsp3) is 0.500. The molecule has 0 aliphatic heterocycles. The van der Waals surface area contributed by atoms with Crippen molar-refractivity contribution in [1.82, 2.24) is 4.90 Å². The molecular weight excluding hydrogens is 292 g/mol. The lowest BCUT2D eigenvalue weighted by atomic mass is 9.98. The lowest BCUT2D eigenvalue weighted by molar-refractivity contribution is -0.744. The van der Waals surface area contributed by atoms with E-state index in [-0.39, 0.29) is 11.1 Å². The molecule has 0 unspecified atom stereocenters. The number of hydrogen-bond donors (Lipinski definition) is 0. The van der Waals surface area contributed by atoms with Crippen molar-refractivity contribution in [1.29, 1.82) is 0 Å². The van der Waals surface area contributed by atoms with Gasteiger partial charge in [0, 0.05) is 50.6 Å². The normalized spacial score (nSPS) is 12.7. The molecule has 2 heteroatoms. The van der Waals surface area contributed by atoms with E-state index in [1.165, 1.54) is 16.8 Å². The molecule has 0 aliphatic rings. The highest BCUT2D eigenvalue weighted by molar-refractivity contribution is 5.61. The van der Waals surface area contributed by atoms with Gasteiger partial charge >= 0.3 is 0 Å². The third-order valence-electron chi connectivity index (χ3n) is 4.74. The van der Waals surface area contributed by atoms with Crippen molar-refractivity contribution in [3.63, 3.8) is 0 Å². The van der Waals surface area contributed by atoms with Gasteiger partial charge in [-0.15, -0.1) is 0 Å². The van der Waals surface area contributed by atoms with Crippen molar-refractivity contribution < 1.29 is 4.57 Å². The van der Waals surface area contributed by atoms with E-state index in [1.54, 1.807) is 0 Å². The van der Waals surface area contributed by atoms with Crippen molar-refractivity contribution in [2.24, 2.45) is 0 Å². The summed E-state index contributed by atoms with van der Waals surface area (Å²) in [6.45, 7) is 14.6. The van der Waals surface area contributed by atoms with E-state index in [0.717, 1.165) is 13.0 Å². The highest BCUT2D eigenvalue weighted by Gasteiger charge is 2.27. The molecule has 0 spiro atoms. The van der Waals surface area contributed by atoms with Gasteiger partial charge in [0.2, 0.25) is 5.69 Å². The number of likely N-dealkylation sites (N-methyl/N-ethyl adjacent to an activating group) is 1. The van der Waals surface area contributed by atoms with Gasteiger partial charge in [-0.3, -0.25) is 0 Å². The Bertz CT molecular complexity index is 675. The molecule has 24 heavy (non-hydrogen) atoms. The van der Waals surface area contributed by atoms with E-state index in [1.807, 2.05) is 0 Å². The van der Waals surface area contributed by atoms with Gasteiger partial charge in [0.25, 0.3) is 0 Å². The van der Waals surface area contributed by atoms with E-state index < -0.39 is 0 Å². The largest absolute Gasteiger partial charge is 0.301 e. The third kappa shape index (κ3) is 4.45. The van der Waals surface area contributed by atoms with Crippen LogP contribution < -0.4 is 4.57 Å². The molecule has 130 valence electrons. The second kappa shape index (κ2) is 7.06. The number of aromatic nitrogens is 1. The van der Waals surface area contributed by atoms with Crippen LogP contribution in [0.25, 0.3) is 11.3 Å². The van der Waals surface area contributed by atoms with Gasteiger partial charge in [-0.1, -0.05) is 18.2 Å². The van der Waals surface area contributed by atoms with Gasteiger partial charge in [0.05, 0.1) is 0 Å². The number of benzene rings is 1. The topological polar surface area (TPSA) is 7.12 Å². The fourth-order valence-corrected chi connectivity index (χ4v) is 2.86. The highest BCUT2D eigenvalue weighted by atomic mass is 15.1. The zero-order valence-corrected chi connectivity index (χ0v) is 16.4. The standard InChI is InChI=1S/C22H33N2/c1-21(2,3)23(7)17-15-18-12-8-9-13-19(18)20-14-10-11-16-24(20)22(4,5)6/h8-14,16H,15,17H2,1-7H3/q+1. The van der Waals surface area contributed by atoms with Crippen molar-refractivity contribution in [3.8, 4) is 11.3 Å². The van der Waals surface area contributed by atoms with Crippen LogP contribution in [0.5, 0.6) is 0 Å². The van der Waals surface area contributed by atoms with E-state index in [4.69, 9.17) is 0 Å². The Hall–Kier alpha value is -1.67. The maximum Gasteiger partial charge on any atom is 0.213 e. The average molecular weight is 326 g/mol. The minimum atomic E-state index is 0.0614. The first kappa shape index (κ1) is 18.7. The predicted octanol–water partition coefficient (Wildman–Crippen LogP) is 4.67. The SMILES string of the molecule is CN(CCc1ccccc1-c1cccc[n+]1C(C)(C)C)C(C)(C)C. The first-order valence-corrected chi connectivity index (χ1v) is 8.91. The number of pyridine rings is 1. The predicted molar refractivity (Wildman–Crippen MR) is 103 cm³/mol. The van der Waals surface area contributed by atoms with Crippen LogP contribution in [-0.2, 0) is 12.0 Å². The van der Waals surface area contributed by atoms with Crippen molar-refractivity contribution in [2.75, 3.05) is 13.6 Å². The Kier molecular flexibility index (Phi) is 5.49. The molecule has 0 fully saturated rings. The van der Waals surface area contributed by atoms with Crippen LogP contribution in [0.1, 0.15) is 47.1 Å². The quantitative estimate of drug-likeness (QED) is 0.741. The average Bonchev–Trinajstić information content (AvgIpc) is 2.51. The summed E-state index contributed by atoms with van der Waals surface area (Å²) in [6, 6.07) is 15.3. The molecule has 0 aliphatic carbocycles. The van der Waals surface area contributed by atoms with Gasteiger partial charge in [-0.05, 0) is 51.9 Å². The Morgan fingerprint density at radius 2 is 1.50 bits per heavy atom. The summed E-state index contributed by atoms with van der Waals surface area (Å²) in [4.78, 5) is 2.42. The van der Waals surface area contributed by atoms with Crippen molar-refractivity contribution in [2.45, 2.75) is 59.0 Å². The van der Waals surface area contributed by atoms with Gasteiger partial charge in [-0.2, -0.15) is 4.57 Å². The number of nitrogens with zero attached hydrogens (tertiary/aromatic N) is 2. The van der Waals surface area contributed by atoms with E-state index in [0.29, 0.717) is 0 Å². The summed E-state index contributed by atoms with van der Waals surface area (Å²) < 4.78 is 2.37. The zero-order chi connectivity index (χ0) is 18.0. The van der Waals surface area contributed by atoms with Gasteiger partial charge in [-0.25, -0.2) is 0 Å². The third-order valence-corrected chi connectivity index (χ3v) is 4.74. The molecule has 0 saturated carbocycles. The molecule has 2 aromatic rings. The Labute approximate surface area is 148 Å². The molecule has 1 heterocycles. The Morgan fingerprint density at radius 1 is 0.875 bits per heavy atom. The Balaban J connectivity index is 2.37. The zero-order valence-electron chi connectivity index (χ0n) is 16.4. The molecule has 0 N–H and O–H groups in total. The lowest BCUT2D eigenvalue weighted by Crippen LogP contribution is -2.51. The van der Waals surface area contributed by atoms with Crippen LogP contribution in [0, 0.1) is 0 Å². The Morgan fingerprint density at radius 3 is 2.12 bits per heavy atom. The van der Waals surface area contributed by atoms with Crippen LogP contribution in [-0.4, -0.2) is 24.0 Å². The first-order valence-electron chi connectivity index (χ1n) is 8.91. The van der Waals surface area contributed by atoms with E-state index >= 15 is 0 Å². The summed E-state index contributed by atoms with van der Waals surface area (Å²) in [6.07, 6.45) is 3.25. The molecule has 0 atom stereocenters. The smallest absolute Gasteiger partial charge is 0.213 e. The van der Waals surface area contributed by atoms with Crippen molar-refractivity contribution >= 4 is 0 Å². The van der Waals surface area contributed by atoms with Gasteiger partial charge in [0.15, 0.2) is 11.7 Å². The molecule has 2 rings (SSSR count). The summed E-state index contributed by atoms with van der Waals surface area (Å²) in [5.74, 6) is 0. The highest BCUT2D eigenvalue weighted by Crippen LogP contribution is 2.24. The summed E-state index contributed by atoms with van der Waals surface area (Å²) in [5.41, 5.74) is 4.31. The fourth-order valence-electron chi connectivity index (χ4n) is 2.86. The molecule has 0 saturated heterocycles. The molecule has 0 amide bonds. The summed E-state index contributed by atoms with van der Waals surface area (Å²) in [7, 11) is 2.21. The second-order valence-corrected chi connectivity index (χ2v) is 8.63. The minimum Gasteiger partial charge on any atom is -0.301 e. The van der Waals surface area contributed by atoms with Crippen LogP contribution in [0.4, 0.5) is 0 Å². The number of hydrogen-bond acceptors (Lipinski definition) is 1. The van der Waals surface area contributed by atoms with Crippen LogP contribution >= 0.6 is 0 Å². The summed E-state index contributed by atoms with van der Waals surface area (Å²) in [5, 5.41) is 0. The van der Waals surface area contributed by atoms with Gasteiger partial charge < -0.3 is 4.90 Å². The van der Waals surface area contributed by atoms with E-state index in [2.05, 4.69) is 107 Å². The van der Waals surface area contributed by atoms with Crippen LogP contribution in [0.2, 0.25) is 0 Å². The lowest BCUT2D eigenvalue weighted by Gasteiger charge is -2.32. The summed E-state index contributed by atoms with van der Waals surface area (Å²) >= 11 is 0. The minimum absolute atomic E-state index is 0.0614. The molecule has 1 aromatic carbocycles.